The van der Waals surface area contributed by atoms with Crippen LogP contribution in [0.15, 0.2) is 73.0 Å². The van der Waals surface area contributed by atoms with Crippen LogP contribution in [0.25, 0.3) is 0 Å². The van der Waals surface area contributed by atoms with Crippen LogP contribution in [0, 0.1) is 10.8 Å². The second-order valence-electron chi connectivity index (χ2n) is 19.6. The van der Waals surface area contributed by atoms with Gasteiger partial charge in [0.05, 0.1) is 21.1 Å². The van der Waals surface area contributed by atoms with Gasteiger partial charge in [0.15, 0.2) is 21.7 Å². The summed E-state index contributed by atoms with van der Waals surface area (Å²) >= 11 is 3.92. The van der Waals surface area contributed by atoms with Crippen LogP contribution in [-0.4, -0.2) is 83.5 Å². The molecule has 2 aromatic carbocycles. The zero-order chi connectivity index (χ0) is 52.8. The number of anilines is 6. The van der Waals surface area contributed by atoms with Gasteiger partial charge >= 0.3 is 10.6 Å². The minimum atomic E-state index is -4.76. The zero-order valence-electron chi connectivity index (χ0n) is 42.2. The van der Waals surface area contributed by atoms with E-state index in [2.05, 4.69) is 77.3 Å². The number of carbonyl (C=O) groups is 2. The Morgan fingerprint density at radius 1 is 0.699 bits per heavy atom. The van der Waals surface area contributed by atoms with Crippen LogP contribution in [0.1, 0.15) is 131 Å². The molecule has 0 aliphatic heterocycles. The SMILES string of the molecule is CCN(CC)c1ccc(N=Nc2cc3c(s2)C(=O)CC(C)(C)C3)c(Nc2nc(Nc3cc(N(CC)CC)ccc3N=Nc3sc4c(c3S(=O)(=O)O)CC(C)(C)CC4=O)nc(SC3CCCCC3)n2)c1.O=S(=O)=O. The van der Waals surface area contributed by atoms with E-state index in [1.807, 2.05) is 50.2 Å². The van der Waals surface area contributed by atoms with Crippen LogP contribution in [-0.2, 0) is 33.6 Å². The standard InChI is InChI=1S/C49H61N11O5S4.O3S/c1-9-59(10-2)30-18-20-34(55-57-40-22-29-25-48(5,6)27-38(61)41(29)67-40)36(23-30)50-45-52-46(54-47(53-45)66-32-16-14-13-15-17-32)51-37-24-31(60(11-3)12-4)19-21-35(37)56-58-44-43(69(63,64)65)33-26-49(7,8)28-39(62)42(33)68-44;1-4(2)3/h18-24,32H,9-17,25-28H2,1-8H3,(H,63,64,65)(H2,50,51,52,53,54);. The van der Waals surface area contributed by atoms with Crippen LogP contribution < -0.4 is 20.4 Å². The van der Waals surface area contributed by atoms with E-state index in [4.69, 9.17) is 32.7 Å². The molecular weight excluding hydrogens is 1030 g/mol. The zero-order valence-corrected chi connectivity index (χ0v) is 46.3. The monoisotopic (exact) mass is 1090 g/mol. The third-order valence-electron chi connectivity index (χ3n) is 12.8. The molecule has 3 heterocycles. The van der Waals surface area contributed by atoms with Gasteiger partial charge in [-0.2, -0.15) is 23.4 Å². The van der Waals surface area contributed by atoms with Crippen LogP contribution >= 0.6 is 34.4 Å². The number of thioether (sulfide) groups is 1. The molecule has 0 atom stereocenters. The number of ketones is 2. The fraction of sp³-hybridized carbons (Fsp3) is 0.490. The van der Waals surface area contributed by atoms with Gasteiger partial charge in [-0.3, -0.25) is 14.1 Å². The molecule has 0 saturated heterocycles. The van der Waals surface area contributed by atoms with Crippen molar-refractivity contribution in [3.05, 3.63) is 63.3 Å². The van der Waals surface area contributed by atoms with E-state index >= 15 is 0 Å². The number of aromatic nitrogens is 3. The number of hydrogen-bond donors (Lipinski definition) is 3. The van der Waals surface area contributed by atoms with Crippen LogP contribution in [0.2, 0.25) is 0 Å². The van der Waals surface area contributed by atoms with Gasteiger partial charge in [-0.25, -0.2) is 0 Å². The number of thiophene rings is 2. The highest BCUT2D eigenvalue weighted by atomic mass is 32.2. The van der Waals surface area contributed by atoms with Crippen molar-refractivity contribution in [3.8, 4) is 0 Å². The van der Waals surface area contributed by atoms with Crippen LogP contribution in [0.5, 0.6) is 0 Å². The number of hydrogen-bond acceptors (Lipinski definition) is 21. The number of Topliss-reactive ketones (excluding diaryl/α,β-unsaturated/α-hetero) is 2. The first-order valence-corrected chi connectivity index (χ1v) is 29.2. The highest BCUT2D eigenvalue weighted by Gasteiger charge is 2.39. The molecule has 3 aliphatic rings. The van der Waals surface area contributed by atoms with Crippen molar-refractivity contribution in [3.63, 3.8) is 0 Å². The molecule has 5 aromatic rings. The number of benzene rings is 2. The molecule has 24 heteroatoms. The van der Waals surface area contributed by atoms with Crippen molar-refractivity contribution in [1.82, 2.24) is 15.0 Å². The number of rotatable bonds is 17. The third-order valence-corrected chi connectivity index (χ3v) is 17.3. The first kappa shape index (κ1) is 55.2. The second kappa shape index (κ2) is 23.3. The molecule has 1 saturated carbocycles. The summed E-state index contributed by atoms with van der Waals surface area (Å²) in [6, 6.07) is 13.5. The highest BCUT2D eigenvalue weighted by molar-refractivity contribution is 7.99. The highest BCUT2D eigenvalue weighted by Crippen LogP contribution is 2.48. The van der Waals surface area contributed by atoms with Crippen LogP contribution in [0.3, 0.4) is 0 Å². The molecule has 19 nitrogen and oxygen atoms in total. The fourth-order valence-corrected chi connectivity index (χ4v) is 13.7. The topological polar surface area (TPSA) is 258 Å². The van der Waals surface area contributed by atoms with E-state index < -0.39 is 26.1 Å². The maximum absolute atomic E-state index is 13.2. The first-order valence-electron chi connectivity index (χ1n) is 24.3. The molecule has 0 spiro atoms. The molecule has 0 radical (unpaired) electrons. The van der Waals surface area contributed by atoms with Gasteiger partial charge in [0.25, 0.3) is 10.1 Å². The summed E-state index contributed by atoms with van der Waals surface area (Å²) in [4.78, 5) is 46.2. The van der Waals surface area contributed by atoms with Crippen molar-refractivity contribution in [2.75, 3.05) is 46.6 Å². The van der Waals surface area contributed by atoms with Gasteiger partial charge in [0, 0.05) is 55.6 Å². The minimum Gasteiger partial charge on any atom is -0.372 e. The van der Waals surface area contributed by atoms with E-state index in [-0.39, 0.29) is 55.6 Å². The summed E-state index contributed by atoms with van der Waals surface area (Å²) in [6.45, 7) is 19.4. The number of azo groups is 2. The normalized spacial score (nSPS) is 16.5. The van der Waals surface area contributed by atoms with Gasteiger partial charge in [0.2, 0.25) is 11.9 Å². The molecule has 0 unspecified atom stereocenters. The Bertz CT molecular complexity index is 3150. The van der Waals surface area contributed by atoms with Gasteiger partial charge < -0.3 is 20.4 Å². The molecule has 3 aliphatic carbocycles. The average molecular weight is 1090 g/mol. The largest absolute Gasteiger partial charge is 0.425 e. The predicted molar refractivity (Wildman–Crippen MR) is 288 cm³/mol. The number of fused-ring (bicyclic) bond motifs is 2. The summed E-state index contributed by atoms with van der Waals surface area (Å²) in [6.07, 6.45) is 7.41. The van der Waals surface area contributed by atoms with E-state index in [0.717, 1.165) is 91.4 Å². The van der Waals surface area contributed by atoms with Gasteiger partial charge in [-0.1, -0.05) is 58.7 Å². The fourth-order valence-electron chi connectivity index (χ4n) is 9.42. The van der Waals surface area contributed by atoms with Crippen molar-refractivity contribution < 1.29 is 35.2 Å². The second-order valence-corrected chi connectivity index (χ2v) is 24.6. The molecule has 73 heavy (non-hydrogen) atoms. The molecule has 390 valence electrons. The molecule has 1 fully saturated rings. The Kier molecular flexibility index (Phi) is 17.7. The van der Waals surface area contributed by atoms with Gasteiger partial charge in [0.1, 0.15) is 21.3 Å². The lowest BCUT2D eigenvalue weighted by Crippen LogP contribution is -2.26. The molecule has 0 bridgehead atoms. The molecule has 3 aromatic heterocycles. The number of nitrogens with one attached hydrogen (secondary N) is 2. The molecule has 3 N–H and O–H groups in total. The third kappa shape index (κ3) is 14.0. The maximum Gasteiger partial charge on any atom is 0.425 e. The van der Waals surface area contributed by atoms with E-state index in [1.54, 1.807) is 17.8 Å². The quantitative estimate of drug-likeness (QED) is 0.0577. The summed E-state index contributed by atoms with van der Waals surface area (Å²) in [5.41, 5.74) is 4.57. The minimum absolute atomic E-state index is 0.0684. The lowest BCUT2D eigenvalue weighted by molar-refractivity contribution is 0.0907. The Balaban J connectivity index is 0.00000188. The number of nitrogens with zero attached hydrogens (tertiary/aromatic N) is 9. The molecule has 8 rings (SSSR count). The van der Waals surface area contributed by atoms with Crippen molar-refractivity contribution in [2.45, 2.75) is 128 Å². The van der Waals surface area contributed by atoms with Crippen molar-refractivity contribution in [2.24, 2.45) is 31.3 Å². The average Bonchev–Trinajstić information content (AvgIpc) is 3.90. The summed E-state index contributed by atoms with van der Waals surface area (Å²) < 4.78 is 61.6. The van der Waals surface area contributed by atoms with Gasteiger partial charge in [-0.15, -0.1) is 55.8 Å². The Morgan fingerprint density at radius 3 is 1.73 bits per heavy atom. The molecule has 0 amide bonds. The summed E-state index contributed by atoms with van der Waals surface area (Å²) in [5, 5.41) is 26.7. The Labute approximate surface area is 440 Å². The summed E-state index contributed by atoms with van der Waals surface area (Å²) in [7, 11) is -7.87. The van der Waals surface area contributed by atoms with Crippen LogP contribution in [0.4, 0.5) is 56.0 Å². The van der Waals surface area contributed by atoms with Gasteiger partial charge in [-0.05, 0) is 118 Å². The summed E-state index contributed by atoms with van der Waals surface area (Å²) in [5.74, 6) is 0.457. The van der Waals surface area contributed by atoms with E-state index in [0.29, 0.717) is 51.0 Å². The lowest BCUT2D eigenvalue weighted by Gasteiger charge is -2.28. The lowest BCUT2D eigenvalue weighted by atomic mass is 9.76. The smallest absolute Gasteiger partial charge is 0.372 e. The maximum atomic E-state index is 13.2. The molecular formula is C49H61N11O8S5. The Hall–Kier alpha value is -5.53. The first-order chi connectivity index (χ1) is 34.6. The van der Waals surface area contributed by atoms with Crippen molar-refractivity contribution in [1.29, 1.82) is 0 Å². The Morgan fingerprint density at radius 2 is 1.21 bits per heavy atom. The van der Waals surface area contributed by atoms with E-state index in [1.165, 1.54) is 17.8 Å². The van der Waals surface area contributed by atoms with E-state index in [9.17, 15) is 22.6 Å². The number of carbonyl (C=O) groups excluding carboxylic acids is 2. The predicted octanol–water partition coefficient (Wildman–Crippen LogP) is 13.0. The van der Waals surface area contributed by atoms with Crippen molar-refractivity contribution >= 4 is 123 Å².